The molecule has 7 heteroatoms. The summed E-state index contributed by atoms with van der Waals surface area (Å²) < 4.78 is 62.5. The molecular formula is C114H104BN5O. The number of hydrogen-bond donors (Lipinski definition) is 0. The predicted molar refractivity (Wildman–Crippen MR) is 519 cm³/mol. The van der Waals surface area contributed by atoms with Crippen molar-refractivity contribution in [3.05, 3.63) is 337 Å². The first kappa shape index (κ1) is 70.1. The number of aromatic nitrogens is 3. The molecule has 15 aromatic carbocycles. The summed E-state index contributed by atoms with van der Waals surface area (Å²) in [6.45, 7) is 40.8. The van der Waals surface area contributed by atoms with Gasteiger partial charge >= 0.3 is 0 Å². The lowest BCUT2D eigenvalue weighted by Gasteiger charge is -2.44. The Balaban J connectivity index is 0.923. The van der Waals surface area contributed by atoms with E-state index in [-0.39, 0.29) is 50.1 Å². The van der Waals surface area contributed by atoms with Gasteiger partial charge in [-0.3, -0.25) is 0 Å². The summed E-state index contributed by atoms with van der Waals surface area (Å²) in [7, 11) is 0. The number of nitrogens with zero attached hydrogens (tertiary/aromatic N) is 5. The van der Waals surface area contributed by atoms with Crippen LogP contribution in [0.2, 0.25) is 0 Å². The summed E-state index contributed by atoms with van der Waals surface area (Å²) in [4.78, 5) is 4.97. The van der Waals surface area contributed by atoms with Gasteiger partial charge in [-0.2, -0.15) is 0 Å². The van der Waals surface area contributed by atoms with Crippen LogP contribution in [0.5, 0.6) is 0 Å². The average Bonchev–Trinajstić information content (AvgIpc) is 0.937. The molecule has 0 saturated carbocycles. The number of furan rings is 1. The Morgan fingerprint density at radius 1 is 0.240 bits per heavy atom. The van der Waals surface area contributed by atoms with Crippen molar-refractivity contribution in [1.29, 1.82) is 0 Å². The largest absolute Gasteiger partial charge is 0.452 e. The van der Waals surface area contributed by atoms with E-state index in [2.05, 4.69) is 415 Å². The van der Waals surface area contributed by atoms with Crippen LogP contribution in [0.15, 0.2) is 308 Å². The van der Waals surface area contributed by atoms with Crippen LogP contribution in [0.25, 0.3) is 138 Å². The second-order valence-corrected chi connectivity index (χ2v) is 40.3. The second-order valence-electron chi connectivity index (χ2n) is 40.3. The van der Waals surface area contributed by atoms with Gasteiger partial charge in [0.25, 0.3) is 6.71 Å². The third kappa shape index (κ3) is 12.2. The Morgan fingerprint density at radius 3 is 1.02 bits per heavy atom. The Kier molecular flexibility index (Phi) is 15.5. The van der Waals surface area contributed by atoms with Crippen molar-refractivity contribution in [1.82, 2.24) is 13.7 Å². The number of anilines is 6. The minimum atomic E-state index is -0.492. The van der Waals surface area contributed by atoms with Crippen molar-refractivity contribution in [3.8, 4) is 50.4 Å². The zero-order valence-corrected chi connectivity index (χ0v) is 72.7. The summed E-state index contributed by atoms with van der Waals surface area (Å²) in [5.41, 5.74) is 30.6. The number of hydrogen-bond acceptors (Lipinski definition) is 3. The van der Waals surface area contributed by atoms with Crippen LogP contribution in [-0.4, -0.2) is 20.4 Å². The maximum atomic E-state index is 9.80. The lowest BCUT2D eigenvalue weighted by molar-refractivity contribution is 0.590. The minimum absolute atomic E-state index is 0.107. The first-order valence-corrected chi connectivity index (χ1v) is 43.0. The topological polar surface area (TPSA) is 34.4 Å². The molecule has 4 aromatic heterocycles. The fourth-order valence-corrected chi connectivity index (χ4v) is 19.5. The second kappa shape index (κ2) is 26.8. The van der Waals surface area contributed by atoms with E-state index >= 15 is 0 Å². The first-order chi connectivity index (χ1) is 59.8. The third-order valence-electron chi connectivity index (χ3n) is 26.2. The molecular weight excluding hydrogens is 1470 g/mol. The molecule has 594 valence electrons. The maximum absolute atomic E-state index is 9.80. The summed E-state index contributed by atoms with van der Waals surface area (Å²) in [5, 5.41) is 8.90. The lowest BCUT2D eigenvalue weighted by atomic mass is 9.33. The molecule has 0 fully saturated rings. The van der Waals surface area contributed by atoms with E-state index in [0.717, 1.165) is 150 Å². The van der Waals surface area contributed by atoms with Gasteiger partial charge < -0.3 is 27.9 Å². The van der Waals surface area contributed by atoms with Crippen molar-refractivity contribution < 1.29 is 11.3 Å². The zero-order valence-electron chi connectivity index (χ0n) is 77.7. The van der Waals surface area contributed by atoms with E-state index in [4.69, 9.17) is 5.79 Å². The predicted octanol–water partition coefficient (Wildman–Crippen LogP) is 29.7. The molecule has 21 rings (SSSR count). The third-order valence-corrected chi connectivity index (χ3v) is 26.2. The molecule has 2 aliphatic rings. The summed E-state index contributed by atoms with van der Waals surface area (Å²) in [5.74, 6) is 0. The van der Waals surface area contributed by atoms with E-state index < -0.39 is 24.8 Å². The Labute approximate surface area is 719 Å². The fraction of sp³-hybridized carbons (Fsp3) is 0.211. The van der Waals surface area contributed by atoms with Gasteiger partial charge in [0, 0.05) is 77.2 Å². The van der Waals surface area contributed by atoms with Crippen molar-refractivity contribution in [2.75, 3.05) is 9.80 Å². The van der Waals surface area contributed by atoms with E-state index in [9.17, 15) is 5.48 Å². The van der Waals surface area contributed by atoms with Crippen LogP contribution in [0.4, 0.5) is 34.1 Å². The van der Waals surface area contributed by atoms with Crippen LogP contribution in [-0.2, 0) is 32.5 Å². The molecule has 2 aliphatic heterocycles. The maximum Gasteiger partial charge on any atom is 0.252 e. The van der Waals surface area contributed by atoms with Crippen LogP contribution in [0.1, 0.15) is 165 Å². The van der Waals surface area contributed by atoms with E-state index in [1.807, 2.05) is 6.07 Å². The standard InChI is InChI=1S/C114H104BN5O/c1-109(2,3)75-41-50-94-86(60-75)87-61-76(110(4,5)6)42-51-95(87)116(94)81-47-49-93-103(66-81)118(82-57-73(70-32-24-20-25-33-70)56-74(58-82)71-34-26-21-27-35-71)104-67-83(117-96-52-43-77(111(7,8)9)62-88(96)89-63-78(112(10,11)12)44-53-97(89)117)68-105-106(104)115(93)92-48-40-72(69-30-22-19-23-31-69)59-102(92)120(105)101-39-29-37-85-84-36-28-38-100(107(84)121-108(85)101)119-98-54-45-79(113(13,14)15)64-90(98)91-65-80(114(16,17)18)46-55-99(91)119/h19-68H,1-18H3/i19D,22D,23D,30D,31D. The SMILES string of the molecule is [2H]c1c([2H])c([2H])c(-c2ccc3c(c2)N(c2cccc4c2oc2c(-n5c6ccc(C(C)(C)C)cc6c6cc(C(C)(C)C)ccc65)cccc24)c2cc(-n4c5ccc(C(C)(C)C)cc5c5cc(C(C)(C)C)ccc54)cc4c2B3c2ccc(-n3c5ccc(C(C)(C)C)cc5c5cc(C(C)(C)C)ccc53)cc2N4c2cc(-c3ccccc3)cc(-c3ccccc3)c2)c([2H])c1[2H]. The molecule has 0 N–H and O–H groups in total. The summed E-state index contributed by atoms with van der Waals surface area (Å²) >= 11 is 0. The lowest BCUT2D eigenvalue weighted by Crippen LogP contribution is -2.61. The Morgan fingerprint density at radius 2 is 0.603 bits per heavy atom. The highest BCUT2D eigenvalue weighted by Gasteiger charge is 2.46. The molecule has 0 atom stereocenters. The quantitative estimate of drug-likeness (QED) is 0.142. The number of rotatable bonds is 8. The molecule has 0 saturated heterocycles. The highest BCUT2D eigenvalue weighted by atomic mass is 16.3. The molecule has 0 amide bonds. The monoisotopic (exact) mass is 1570 g/mol. The molecule has 0 aliphatic carbocycles. The van der Waals surface area contributed by atoms with E-state index in [0.29, 0.717) is 11.1 Å². The molecule has 19 aromatic rings. The van der Waals surface area contributed by atoms with Gasteiger partial charge in [-0.25, -0.2) is 0 Å². The van der Waals surface area contributed by atoms with Crippen LogP contribution >= 0.6 is 0 Å². The smallest absolute Gasteiger partial charge is 0.252 e. The summed E-state index contributed by atoms with van der Waals surface area (Å²) in [6, 6.07) is 101. The number of para-hydroxylation sites is 2. The van der Waals surface area contributed by atoms with Crippen molar-refractivity contribution in [2.45, 2.75) is 157 Å². The van der Waals surface area contributed by atoms with Gasteiger partial charge in [0.2, 0.25) is 0 Å². The van der Waals surface area contributed by atoms with Gasteiger partial charge in [-0.15, -0.1) is 0 Å². The molecule has 6 nitrogen and oxygen atoms in total. The molecule has 0 unspecified atom stereocenters. The van der Waals surface area contributed by atoms with E-state index in [1.165, 1.54) is 54.9 Å². The fourth-order valence-electron chi connectivity index (χ4n) is 19.5. The molecule has 121 heavy (non-hydrogen) atoms. The molecule has 0 bridgehead atoms. The minimum Gasteiger partial charge on any atom is -0.452 e. The average molecular weight is 1580 g/mol. The highest BCUT2D eigenvalue weighted by molar-refractivity contribution is 7.00. The molecule has 0 spiro atoms. The van der Waals surface area contributed by atoms with Crippen LogP contribution < -0.4 is 26.2 Å². The van der Waals surface area contributed by atoms with Crippen LogP contribution in [0, 0.1) is 0 Å². The molecule has 0 radical (unpaired) electrons. The van der Waals surface area contributed by atoms with Gasteiger partial charge in [0.05, 0.1) is 57.0 Å². The molecule has 6 heterocycles. The van der Waals surface area contributed by atoms with Crippen molar-refractivity contribution >= 4 is 145 Å². The Bertz CT molecular complexity index is 7550. The van der Waals surface area contributed by atoms with Gasteiger partial charge in [0.1, 0.15) is 0 Å². The van der Waals surface area contributed by atoms with Crippen molar-refractivity contribution in [3.63, 3.8) is 0 Å². The van der Waals surface area contributed by atoms with E-state index in [1.54, 1.807) is 0 Å². The normalized spacial score (nSPS) is 14.1. The highest BCUT2D eigenvalue weighted by Crippen LogP contribution is 2.53. The number of fused-ring (bicyclic) bond motifs is 16. The van der Waals surface area contributed by atoms with Crippen LogP contribution in [0.3, 0.4) is 0 Å². The summed E-state index contributed by atoms with van der Waals surface area (Å²) in [6.07, 6.45) is 0. The van der Waals surface area contributed by atoms with Gasteiger partial charge in [0.15, 0.2) is 11.2 Å². The van der Waals surface area contributed by atoms with Crippen molar-refractivity contribution in [2.24, 2.45) is 0 Å². The zero-order chi connectivity index (χ0) is 88.0. The number of benzene rings is 15. The van der Waals surface area contributed by atoms with Gasteiger partial charge in [-0.05, 0) is 249 Å². The van der Waals surface area contributed by atoms with Gasteiger partial charge in [-0.1, -0.05) is 294 Å². The Hall–Kier alpha value is -12.8. The first-order valence-electron chi connectivity index (χ1n) is 45.5.